The monoisotopic (exact) mass is 326 g/mol. The van der Waals surface area contributed by atoms with Crippen molar-refractivity contribution in [2.24, 2.45) is 0 Å². The van der Waals surface area contributed by atoms with Crippen LogP contribution in [0.25, 0.3) is 0 Å². The van der Waals surface area contributed by atoms with Gasteiger partial charge in [0.25, 0.3) is 0 Å². The third-order valence-electron chi connectivity index (χ3n) is 3.94. The molecule has 0 aromatic rings. The second-order valence-electron chi connectivity index (χ2n) is 5.46. The molecule has 2 fully saturated rings. The lowest BCUT2D eigenvalue weighted by atomic mass is 10.0. The second-order valence-corrected chi connectivity index (χ2v) is 5.46. The van der Waals surface area contributed by atoms with Crippen LogP contribution in [-0.4, -0.2) is 104 Å². The van der Waals surface area contributed by atoms with Crippen LogP contribution in [0.4, 0.5) is 0 Å². The normalized spacial score (nSPS) is 49.5. The van der Waals surface area contributed by atoms with Gasteiger partial charge >= 0.3 is 0 Å². The predicted octanol–water partition coefficient (Wildman–Crippen LogP) is -4.37. The van der Waals surface area contributed by atoms with Crippen LogP contribution in [0.3, 0.4) is 0 Å². The summed E-state index contributed by atoms with van der Waals surface area (Å²) in [4.78, 5) is 0. The molecule has 22 heavy (non-hydrogen) atoms. The van der Waals surface area contributed by atoms with E-state index in [1.165, 1.54) is 0 Å². The summed E-state index contributed by atoms with van der Waals surface area (Å²) in [5.74, 6) is -2.10. The van der Waals surface area contributed by atoms with Crippen molar-refractivity contribution in [2.45, 2.75) is 55.1 Å². The molecule has 0 radical (unpaired) electrons. The van der Waals surface area contributed by atoms with E-state index in [1.54, 1.807) is 0 Å². The molecule has 130 valence electrons. The van der Waals surface area contributed by atoms with Gasteiger partial charge in [0.1, 0.15) is 37.1 Å². The lowest BCUT2D eigenvalue weighted by Gasteiger charge is -2.41. The highest BCUT2D eigenvalue weighted by atomic mass is 16.8. The number of ether oxygens (including phenoxy) is 3. The molecule has 2 aliphatic heterocycles. The molecule has 0 spiro atoms. The Morgan fingerprint density at radius 2 is 1.59 bits per heavy atom. The molecule has 0 amide bonds. The summed E-state index contributed by atoms with van der Waals surface area (Å²) in [6.07, 6.45) is -9.35. The van der Waals surface area contributed by atoms with Crippen molar-refractivity contribution in [1.29, 1.82) is 0 Å². The molecule has 2 heterocycles. The van der Waals surface area contributed by atoms with Crippen molar-refractivity contribution in [2.75, 3.05) is 19.8 Å². The molecule has 0 aliphatic carbocycles. The number of hydrogen-bond acceptors (Lipinski definition) is 10. The van der Waals surface area contributed by atoms with Crippen LogP contribution in [0.5, 0.6) is 0 Å². The average molecular weight is 326 g/mol. The van der Waals surface area contributed by atoms with Crippen molar-refractivity contribution < 1.29 is 50.0 Å². The molecule has 2 rings (SSSR count). The van der Waals surface area contributed by atoms with Gasteiger partial charge in [-0.25, -0.2) is 0 Å². The van der Waals surface area contributed by atoms with Gasteiger partial charge in [-0.3, -0.25) is 0 Å². The first-order valence-electron chi connectivity index (χ1n) is 6.94. The Morgan fingerprint density at radius 1 is 0.955 bits per heavy atom. The van der Waals surface area contributed by atoms with Crippen LogP contribution < -0.4 is 0 Å². The Labute approximate surface area is 126 Å². The molecular weight excluding hydrogens is 304 g/mol. The fourth-order valence-electron chi connectivity index (χ4n) is 2.60. The number of aliphatic hydroxyl groups excluding tert-OH is 7. The maximum Gasteiger partial charge on any atom is 0.224 e. The Morgan fingerprint density at radius 3 is 2.09 bits per heavy atom. The van der Waals surface area contributed by atoms with Crippen LogP contribution in [0, 0.1) is 0 Å². The molecule has 2 saturated heterocycles. The minimum atomic E-state index is -2.10. The lowest BCUT2D eigenvalue weighted by Crippen LogP contribution is -2.57. The largest absolute Gasteiger partial charge is 0.394 e. The van der Waals surface area contributed by atoms with E-state index >= 15 is 0 Å². The molecule has 10 nitrogen and oxygen atoms in total. The number of hydrogen-bond donors (Lipinski definition) is 7. The van der Waals surface area contributed by atoms with Gasteiger partial charge in [0.2, 0.25) is 5.79 Å². The molecular formula is C12H22O10. The molecule has 0 bridgehead atoms. The molecule has 7 N–H and O–H groups in total. The van der Waals surface area contributed by atoms with E-state index in [2.05, 4.69) is 0 Å². The Balaban J connectivity index is 2.12. The summed E-state index contributed by atoms with van der Waals surface area (Å²) in [6.45, 7) is -2.01. The highest BCUT2D eigenvalue weighted by Crippen LogP contribution is 2.35. The lowest BCUT2D eigenvalue weighted by molar-refractivity contribution is -0.372. The van der Waals surface area contributed by atoms with Crippen molar-refractivity contribution in [1.82, 2.24) is 0 Å². The van der Waals surface area contributed by atoms with Crippen LogP contribution in [0.15, 0.2) is 0 Å². The van der Waals surface area contributed by atoms with Crippen molar-refractivity contribution in [3.8, 4) is 0 Å². The summed E-state index contributed by atoms with van der Waals surface area (Å²) in [5, 5.41) is 66.9. The Kier molecular flexibility index (Phi) is 5.72. The van der Waals surface area contributed by atoms with E-state index in [4.69, 9.17) is 24.4 Å². The molecule has 8 atom stereocenters. The zero-order valence-corrected chi connectivity index (χ0v) is 11.7. The molecule has 2 aliphatic rings. The van der Waals surface area contributed by atoms with E-state index in [9.17, 15) is 25.5 Å². The smallest absolute Gasteiger partial charge is 0.224 e. The molecule has 0 aromatic carbocycles. The Bertz CT molecular complexity index is 368. The second kappa shape index (κ2) is 7.01. The molecule has 0 unspecified atom stereocenters. The topological polar surface area (TPSA) is 169 Å². The standard InChI is InChI=1S/C12H22O10/c13-2-7-5(16)1-6(17)11(20-7)22-12(4-15)10(19)9(18)8(3-14)21-12/h5-11,13-19H,1-4H2/t5-,6+,7+,8+,9+,10-,11+,12+/m0/s1. The van der Waals surface area contributed by atoms with E-state index in [-0.39, 0.29) is 6.42 Å². The van der Waals surface area contributed by atoms with Gasteiger partial charge in [0.05, 0.1) is 19.3 Å². The quantitative estimate of drug-likeness (QED) is 0.262. The van der Waals surface area contributed by atoms with E-state index in [1.807, 2.05) is 0 Å². The summed E-state index contributed by atoms with van der Waals surface area (Å²) in [7, 11) is 0. The van der Waals surface area contributed by atoms with Crippen LogP contribution in [-0.2, 0) is 14.2 Å². The molecule has 10 heteroatoms. The average Bonchev–Trinajstić information content (AvgIpc) is 2.75. The maximum absolute atomic E-state index is 9.99. The molecule has 0 aromatic heterocycles. The summed E-state index contributed by atoms with van der Waals surface area (Å²) >= 11 is 0. The van der Waals surface area contributed by atoms with Crippen molar-refractivity contribution >= 4 is 0 Å². The van der Waals surface area contributed by atoms with Crippen LogP contribution >= 0.6 is 0 Å². The minimum Gasteiger partial charge on any atom is -0.394 e. The SMILES string of the molecule is OC[C@H]1O[C@](CO)(O[C@H]2O[C@H](CO)[C@@H](O)C[C@H]2O)[C@@H](O)[C@@H]1O. The highest BCUT2D eigenvalue weighted by Gasteiger charge is 2.57. The fourth-order valence-corrected chi connectivity index (χ4v) is 2.60. The maximum atomic E-state index is 9.99. The number of rotatable bonds is 5. The third kappa shape index (κ3) is 3.12. The van der Waals surface area contributed by atoms with Crippen molar-refractivity contribution in [3.63, 3.8) is 0 Å². The molecule has 0 saturated carbocycles. The Hall–Kier alpha value is -0.400. The van der Waals surface area contributed by atoms with Gasteiger partial charge in [-0.1, -0.05) is 0 Å². The van der Waals surface area contributed by atoms with Crippen molar-refractivity contribution in [3.05, 3.63) is 0 Å². The summed E-state index contributed by atoms with van der Waals surface area (Å²) in [6, 6.07) is 0. The van der Waals surface area contributed by atoms with E-state index < -0.39 is 68.5 Å². The fraction of sp³-hybridized carbons (Fsp3) is 1.00. The van der Waals surface area contributed by atoms with Gasteiger partial charge in [-0.2, -0.15) is 0 Å². The van der Waals surface area contributed by atoms with Gasteiger partial charge in [-0.15, -0.1) is 0 Å². The zero-order chi connectivity index (χ0) is 16.5. The first kappa shape index (κ1) is 17.9. The highest BCUT2D eigenvalue weighted by molar-refractivity contribution is 4.97. The first-order chi connectivity index (χ1) is 10.4. The van der Waals surface area contributed by atoms with E-state index in [0.29, 0.717) is 0 Å². The third-order valence-corrected chi connectivity index (χ3v) is 3.94. The predicted molar refractivity (Wildman–Crippen MR) is 67.3 cm³/mol. The summed E-state index contributed by atoms with van der Waals surface area (Å²) in [5.41, 5.74) is 0. The van der Waals surface area contributed by atoms with Crippen LogP contribution in [0.1, 0.15) is 6.42 Å². The van der Waals surface area contributed by atoms with Gasteiger partial charge in [-0.05, 0) is 0 Å². The van der Waals surface area contributed by atoms with Crippen LogP contribution in [0.2, 0.25) is 0 Å². The van der Waals surface area contributed by atoms with Gasteiger partial charge in [0.15, 0.2) is 6.29 Å². The number of aliphatic hydroxyl groups is 7. The first-order valence-corrected chi connectivity index (χ1v) is 6.94. The summed E-state index contributed by atoms with van der Waals surface area (Å²) < 4.78 is 15.7. The van der Waals surface area contributed by atoms with E-state index in [0.717, 1.165) is 0 Å². The zero-order valence-electron chi connectivity index (χ0n) is 11.7. The van der Waals surface area contributed by atoms with Gasteiger partial charge in [0, 0.05) is 6.42 Å². The minimum absolute atomic E-state index is 0.153. The van der Waals surface area contributed by atoms with Gasteiger partial charge < -0.3 is 50.0 Å².